The summed E-state index contributed by atoms with van der Waals surface area (Å²) in [5.41, 5.74) is 0. The molecule has 0 atom stereocenters. The Hall–Kier alpha value is -0.350. The van der Waals surface area contributed by atoms with Gasteiger partial charge in [-0.3, -0.25) is 5.32 Å². The summed E-state index contributed by atoms with van der Waals surface area (Å²) >= 11 is 5.26. The fourth-order valence-electron chi connectivity index (χ4n) is 1.15. The van der Waals surface area contributed by atoms with Gasteiger partial charge in [-0.25, -0.2) is 0 Å². The molecule has 1 fully saturated rings. The molecular weight excluding hydrogens is 158 g/mol. The van der Waals surface area contributed by atoms with Crippen LogP contribution in [-0.4, -0.2) is 41.3 Å². The lowest BCUT2D eigenvalue weighted by Crippen LogP contribution is -2.55. The molecule has 0 bridgehead atoms. The zero-order valence-corrected chi connectivity index (χ0v) is 7.95. The van der Waals surface area contributed by atoms with Crippen LogP contribution in [0.1, 0.15) is 13.8 Å². The Morgan fingerprint density at radius 2 is 1.73 bits per heavy atom. The van der Waals surface area contributed by atoms with E-state index in [1.54, 1.807) is 0 Å². The highest BCUT2D eigenvalue weighted by atomic mass is 32.1. The van der Waals surface area contributed by atoms with Gasteiger partial charge in [0.15, 0.2) is 5.11 Å². The Morgan fingerprint density at radius 3 is 2.09 bits per heavy atom. The fraction of sp³-hybridized carbons (Fsp3) is 0.857. The molecule has 1 aliphatic rings. The summed E-state index contributed by atoms with van der Waals surface area (Å²) in [4.78, 5) is 4.31. The van der Waals surface area contributed by atoms with Gasteiger partial charge in [0, 0.05) is 13.1 Å². The topological polar surface area (TPSA) is 18.5 Å². The molecule has 0 aliphatic carbocycles. The first-order valence-electron chi connectivity index (χ1n) is 4.04. The molecule has 1 heterocycles. The molecule has 1 aliphatic heterocycles. The summed E-state index contributed by atoms with van der Waals surface area (Å²) < 4.78 is 0. The molecular formula is C7H15N3S. The van der Waals surface area contributed by atoms with E-state index >= 15 is 0 Å². The largest absolute Gasteiger partial charge is 0.337 e. The Balaban J connectivity index is 2.52. The summed E-state index contributed by atoms with van der Waals surface area (Å²) in [5, 5.41) is 4.26. The lowest BCUT2D eigenvalue weighted by molar-refractivity contribution is 0.248. The van der Waals surface area contributed by atoms with Crippen LogP contribution in [0.15, 0.2) is 0 Å². The summed E-state index contributed by atoms with van der Waals surface area (Å²) in [7, 11) is 0. The van der Waals surface area contributed by atoms with Crippen molar-refractivity contribution in [3.05, 3.63) is 0 Å². The third-order valence-electron chi connectivity index (χ3n) is 1.91. The fourth-order valence-corrected chi connectivity index (χ4v) is 1.54. The number of thiocarbonyl (C=S) groups is 1. The van der Waals surface area contributed by atoms with E-state index in [1.807, 2.05) is 0 Å². The van der Waals surface area contributed by atoms with E-state index in [-0.39, 0.29) is 0 Å². The molecule has 1 N–H and O–H groups in total. The van der Waals surface area contributed by atoms with Crippen molar-refractivity contribution in [3.8, 4) is 0 Å². The second-order valence-electron chi connectivity index (χ2n) is 2.56. The van der Waals surface area contributed by atoms with Crippen molar-refractivity contribution in [2.24, 2.45) is 0 Å². The zero-order chi connectivity index (χ0) is 8.27. The van der Waals surface area contributed by atoms with Crippen LogP contribution in [0.4, 0.5) is 0 Å². The normalized spacial score (nSPS) is 19.3. The molecule has 4 heteroatoms. The van der Waals surface area contributed by atoms with Crippen molar-refractivity contribution >= 4 is 17.3 Å². The highest BCUT2D eigenvalue weighted by Gasteiger charge is 2.17. The van der Waals surface area contributed by atoms with Gasteiger partial charge in [0.2, 0.25) is 0 Å². The van der Waals surface area contributed by atoms with Crippen LogP contribution in [0.2, 0.25) is 0 Å². The van der Waals surface area contributed by atoms with E-state index < -0.39 is 0 Å². The Labute approximate surface area is 73.4 Å². The van der Waals surface area contributed by atoms with Crippen molar-refractivity contribution in [2.75, 3.05) is 26.4 Å². The van der Waals surface area contributed by atoms with E-state index in [0.29, 0.717) is 0 Å². The number of nitrogens with one attached hydrogen (secondary N) is 1. The van der Waals surface area contributed by atoms with Gasteiger partial charge < -0.3 is 9.80 Å². The van der Waals surface area contributed by atoms with Crippen LogP contribution in [0.5, 0.6) is 0 Å². The van der Waals surface area contributed by atoms with E-state index in [1.165, 1.54) is 0 Å². The molecule has 1 saturated heterocycles. The zero-order valence-electron chi connectivity index (χ0n) is 7.13. The maximum atomic E-state index is 5.26. The van der Waals surface area contributed by atoms with Crippen LogP contribution < -0.4 is 5.32 Å². The second kappa shape index (κ2) is 3.88. The molecule has 0 amide bonds. The van der Waals surface area contributed by atoms with Crippen molar-refractivity contribution in [1.29, 1.82) is 0 Å². The minimum Gasteiger partial charge on any atom is -0.337 e. The lowest BCUT2D eigenvalue weighted by atomic mass is 10.5. The van der Waals surface area contributed by atoms with E-state index in [9.17, 15) is 0 Å². The van der Waals surface area contributed by atoms with Gasteiger partial charge in [-0.2, -0.15) is 0 Å². The third kappa shape index (κ3) is 1.81. The van der Waals surface area contributed by atoms with Crippen LogP contribution in [-0.2, 0) is 0 Å². The van der Waals surface area contributed by atoms with Crippen molar-refractivity contribution in [2.45, 2.75) is 13.8 Å². The summed E-state index contributed by atoms with van der Waals surface area (Å²) in [6, 6.07) is 0. The predicted molar refractivity (Wildman–Crippen MR) is 50.2 cm³/mol. The number of hydrogen-bond acceptors (Lipinski definition) is 2. The second-order valence-corrected chi connectivity index (χ2v) is 2.93. The standard InChI is InChI=1S/C7H15N3S/c1-3-9-5-8-6-10(4-2)7(9)11/h8H,3-6H2,1-2H3. The summed E-state index contributed by atoms with van der Waals surface area (Å²) in [5.74, 6) is 0. The SMILES string of the molecule is CCN1CNCN(CC)C1=S. The van der Waals surface area contributed by atoms with Gasteiger partial charge in [-0.15, -0.1) is 0 Å². The van der Waals surface area contributed by atoms with Crippen LogP contribution >= 0.6 is 12.2 Å². The van der Waals surface area contributed by atoms with Crippen molar-refractivity contribution in [3.63, 3.8) is 0 Å². The molecule has 11 heavy (non-hydrogen) atoms. The van der Waals surface area contributed by atoms with E-state index in [2.05, 4.69) is 29.0 Å². The molecule has 64 valence electrons. The molecule has 0 unspecified atom stereocenters. The van der Waals surface area contributed by atoms with Gasteiger partial charge >= 0.3 is 0 Å². The number of rotatable bonds is 2. The smallest absolute Gasteiger partial charge is 0.173 e. The molecule has 0 spiro atoms. The van der Waals surface area contributed by atoms with E-state index in [0.717, 1.165) is 31.5 Å². The average molecular weight is 173 g/mol. The van der Waals surface area contributed by atoms with Crippen molar-refractivity contribution in [1.82, 2.24) is 15.1 Å². The molecule has 0 aromatic rings. The van der Waals surface area contributed by atoms with Gasteiger partial charge in [-0.1, -0.05) is 0 Å². The first kappa shape index (κ1) is 8.74. The molecule has 0 radical (unpaired) electrons. The Morgan fingerprint density at radius 1 is 1.27 bits per heavy atom. The average Bonchev–Trinajstić information content (AvgIpc) is 2.05. The molecule has 3 nitrogen and oxygen atoms in total. The van der Waals surface area contributed by atoms with E-state index in [4.69, 9.17) is 12.2 Å². The van der Waals surface area contributed by atoms with Crippen LogP contribution in [0, 0.1) is 0 Å². The lowest BCUT2D eigenvalue weighted by Gasteiger charge is -2.37. The van der Waals surface area contributed by atoms with Crippen LogP contribution in [0.3, 0.4) is 0 Å². The molecule has 0 aromatic carbocycles. The third-order valence-corrected chi connectivity index (χ3v) is 2.43. The first-order chi connectivity index (χ1) is 5.29. The maximum Gasteiger partial charge on any atom is 0.173 e. The Kier molecular flexibility index (Phi) is 3.08. The highest BCUT2D eigenvalue weighted by Crippen LogP contribution is 2.01. The van der Waals surface area contributed by atoms with Crippen LogP contribution in [0.25, 0.3) is 0 Å². The van der Waals surface area contributed by atoms with Gasteiger partial charge in [0.05, 0.1) is 13.3 Å². The first-order valence-corrected chi connectivity index (χ1v) is 4.45. The highest BCUT2D eigenvalue weighted by molar-refractivity contribution is 7.80. The van der Waals surface area contributed by atoms with Gasteiger partial charge in [0.25, 0.3) is 0 Å². The quantitative estimate of drug-likeness (QED) is 0.610. The molecule has 0 saturated carbocycles. The van der Waals surface area contributed by atoms with Crippen molar-refractivity contribution < 1.29 is 0 Å². The number of hydrogen-bond donors (Lipinski definition) is 1. The molecule has 1 rings (SSSR count). The molecule has 0 aromatic heterocycles. The monoisotopic (exact) mass is 173 g/mol. The summed E-state index contributed by atoms with van der Waals surface area (Å²) in [6.45, 7) is 8.00. The van der Waals surface area contributed by atoms with Gasteiger partial charge in [-0.05, 0) is 26.1 Å². The minimum absolute atomic E-state index is 0.895. The summed E-state index contributed by atoms with van der Waals surface area (Å²) in [6.07, 6.45) is 0. The predicted octanol–water partition coefficient (Wildman–Crippen LogP) is 0.433. The maximum absolute atomic E-state index is 5.26. The number of nitrogens with zero attached hydrogens (tertiary/aromatic N) is 2. The Bertz CT molecular complexity index is 135. The van der Waals surface area contributed by atoms with Gasteiger partial charge in [0.1, 0.15) is 0 Å². The minimum atomic E-state index is 0.895.